The van der Waals surface area contributed by atoms with Gasteiger partial charge >= 0.3 is 0 Å². The second kappa shape index (κ2) is 7.49. The van der Waals surface area contributed by atoms with Gasteiger partial charge in [-0.1, -0.05) is 32.6 Å². The third-order valence-electron chi connectivity index (χ3n) is 5.15. The average molecular weight is 252 g/mol. The molecule has 106 valence electrons. The summed E-state index contributed by atoms with van der Waals surface area (Å²) in [6, 6.07) is 0.876. The first kappa shape index (κ1) is 14.3. The summed E-state index contributed by atoms with van der Waals surface area (Å²) in [7, 11) is 0. The van der Waals surface area contributed by atoms with Crippen molar-refractivity contribution in [3.05, 3.63) is 0 Å². The van der Waals surface area contributed by atoms with Crippen LogP contribution < -0.4 is 5.73 Å². The fraction of sp³-hybridized carbons (Fsp3) is 1.00. The molecule has 0 aromatic rings. The van der Waals surface area contributed by atoms with Crippen LogP contribution >= 0.6 is 0 Å². The van der Waals surface area contributed by atoms with Gasteiger partial charge in [0.25, 0.3) is 0 Å². The maximum absolute atomic E-state index is 5.86. The molecule has 2 heteroatoms. The largest absolute Gasteiger partial charge is 0.330 e. The summed E-state index contributed by atoms with van der Waals surface area (Å²) in [5.74, 6) is 1.79. The van der Waals surface area contributed by atoms with E-state index in [1.807, 2.05) is 0 Å². The molecule has 0 radical (unpaired) electrons. The second-order valence-electron chi connectivity index (χ2n) is 6.56. The topological polar surface area (TPSA) is 29.3 Å². The van der Waals surface area contributed by atoms with E-state index >= 15 is 0 Å². The van der Waals surface area contributed by atoms with Crippen molar-refractivity contribution >= 4 is 0 Å². The molecular weight excluding hydrogens is 220 g/mol. The Balaban J connectivity index is 1.81. The summed E-state index contributed by atoms with van der Waals surface area (Å²) >= 11 is 0. The summed E-state index contributed by atoms with van der Waals surface area (Å²) in [5, 5.41) is 0. The first-order valence-corrected chi connectivity index (χ1v) is 8.27. The standard InChI is InChI=1S/C16H32N2/c1-2-5-14-6-3-8-16(10-9-14)18-11-4-7-15(12-17)13-18/h14-16H,2-13,17H2,1H3. The van der Waals surface area contributed by atoms with Crippen LogP contribution in [0.2, 0.25) is 0 Å². The monoisotopic (exact) mass is 252 g/mol. The van der Waals surface area contributed by atoms with Gasteiger partial charge in [-0.05, 0) is 57.0 Å². The van der Waals surface area contributed by atoms with Crippen molar-refractivity contribution < 1.29 is 0 Å². The molecule has 18 heavy (non-hydrogen) atoms. The Hall–Kier alpha value is -0.0800. The number of piperidine rings is 1. The van der Waals surface area contributed by atoms with Crippen LogP contribution in [0.1, 0.15) is 64.7 Å². The predicted molar refractivity (Wildman–Crippen MR) is 78.6 cm³/mol. The van der Waals surface area contributed by atoms with Gasteiger partial charge in [-0.3, -0.25) is 0 Å². The first-order chi connectivity index (χ1) is 8.83. The minimum absolute atomic E-state index is 0.772. The highest BCUT2D eigenvalue weighted by Crippen LogP contribution is 2.30. The molecule has 0 aromatic carbocycles. The molecule has 0 amide bonds. The van der Waals surface area contributed by atoms with Crippen molar-refractivity contribution in [1.29, 1.82) is 0 Å². The molecular formula is C16H32N2. The molecule has 1 saturated heterocycles. The molecule has 2 nitrogen and oxygen atoms in total. The van der Waals surface area contributed by atoms with E-state index in [0.717, 1.165) is 24.4 Å². The number of hydrogen-bond acceptors (Lipinski definition) is 2. The maximum atomic E-state index is 5.86. The van der Waals surface area contributed by atoms with E-state index in [-0.39, 0.29) is 0 Å². The van der Waals surface area contributed by atoms with Gasteiger partial charge in [0.05, 0.1) is 0 Å². The first-order valence-electron chi connectivity index (χ1n) is 8.27. The van der Waals surface area contributed by atoms with E-state index in [0.29, 0.717) is 0 Å². The number of nitrogens with zero attached hydrogens (tertiary/aromatic N) is 1. The van der Waals surface area contributed by atoms with Crippen molar-refractivity contribution in [3.8, 4) is 0 Å². The van der Waals surface area contributed by atoms with Gasteiger partial charge in [0, 0.05) is 12.6 Å². The maximum Gasteiger partial charge on any atom is 0.00954 e. The Morgan fingerprint density at radius 3 is 2.61 bits per heavy atom. The summed E-state index contributed by atoms with van der Waals surface area (Å²) < 4.78 is 0. The van der Waals surface area contributed by atoms with Crippen molar-refractivity contribution in [2.24, 2.45) is 17.6 Å². The van der Waals surface area contributed by atoms with Crippen LogP contribution in [-0.2, 0) is 0 Å². The minimum Gasteiger partial charge on any atom is -0.330 e. The van der Waals surface area contributed by atoms with Gasteiger partial charge in [0.2, 0.25) is 0 Å². The summed E-state index contributed by atoms with van der Waals surface area (Å²) in [4.78, 5) is 2.77. The van der Waals surface area contributed by atoms with Crippen LogP contribution in [0, 0.1) is 11.8 Å². The number of nitrogens with two attached hydrogens (primary N) is 1. The van der Waals surface area contributed by atoms with E-state index in [4.69, 9.17) is 5.73 Å². The predicted octanol–water partition coefficient (Wildman–Crippen LogP) is 3.41. The highest BCUT2D eigenvalue weighted by molar-refractivity contribution is 4.82. The average Bonchev–Trinajstić information content (AvgIpc) is 2.65. The van der Waals surface area contributed by atoms with Crippen molar-refractivity contribution in [2.45, 2.75) is 70.8 Å². The van der Waals surface area contributed by atoms with Gasteiger partial charge < -0.3 is 10.6 Å². The minimum atomic E-state index is 0.772. The van der Waals surface area contributed by atoms with Gasteiger partial charge in [-0.2, -0.15) is 0 Å². The lowest BCUT2D eigenvalue weighted by Crippen LogP contribution is -2.44. The SMILES string of the molecule is CCCC1CCCC(N2CCCC(CN)C2)CC1. The molecule has 1 aliphatic heterocycles. The quantitative estimate of drug-likeness (QED) is 0.777. The molecule has 3 unspecified atom stereocenters. The van der Waals surface area contributed by atoms with Crippen molar-refractivity contribution in [2.75, 3.05) is 19.6 Å². The van der Waals surface area contributed by atoms with Crippen LogP contribution in [-0.4, -0.2) is 30.6 Å². The van der Waals surface area contributed by atoms with E-state index < -0.39 is 0 Å². The molecule has 2 rings (SSSR count). The molecule has 3 atom stereocenters. The van der Waals surface area contributed by atoms with E-state index in [1.54, 1.807) is 0 Å². The van der Waals surface area contributed by atoms with E-state index in [2.05, 4.69) is 11.8 Å². The fourth-order valence-corrected chi connectivity index (χ4v) is 4.04. The third-order valence-corrected chi connectivity index (χ3v) is 5.15. The zero-order valence-corrected chi connectivity index (χ0v) is 12.2. The zero-order valence-electron chi connectivity index (χ0n) is 12.2. The highest BCUT2D eigenvalue weighted by Gasteiger charge is 2.27. The molecule has 1 heterocycles. The lowest BCUT2D eigenvalue weighted by atomic mass is 9.94. The lowest BCUT2D eigenvalue weighted by molar-refractivity contribution is 0.114. The Kier molecular flexibility index (Phi) is 5.97. The van der Waals surface area contributed by atoms with Crippen LogP contribution in [0.3, 0.4) is 0 Å². The van der Waals surface area contributed by atoms with Gasteiger partial charge in [0.15, 0.2) is 0 Å². The van der Waals surface area contributed by atoms with Crippen LogP contribution in [0.4, 0.5) is 0 Å². The molecule has 0 bridgehead atoms. The third kappa shape index (κ3) is 3.96. The van der Waals surface area contributed by atoms with E-state index in [9.17, 15) is 0 Å². The van der Waals surface area contributed by atoms with Gasteiger partial charge in [0.1, 0.15) is 0 Å². The van der Waals surface area contributed by atoms with Crippen molar-refractivity contribution in [3.63, 3.8) is 0 Å². The van der Waals surface area contributed by atoms with Crippen LogP contribution in [0.15, 0.2) is 0 Å². The van der Waals surface area contributed by atoms with Crippen LogP contribution in [0.25, 0.3) is 0 Å². The number of likely N-dealkylation sites (tertiary alicyclic amines) is 1. The highest BCUT2D eigenvalue weighted by atomic mass is 15.2. The molecule has 2 aliphatic rings. The molecule has 1 saturated carbocycles. The van der Waals surface area contributed by atoms with Gasteiger partial charge in [-0.15, -0.1) is 0 Å². The fourth-order valence-electron chi connectivity index (χ4n) is 4.04. The Labute approximate surface area is 113 Å². The lowest BCUT2D eigenvalue weighted by Gasteiger charge is -2.37. The Morgan fingerprint density at radius 1 is 1.00 bits per heavy atom. The summed E-state index contributed by atoms with van der Waals surface area (Å²) in [5.41, 5.74) is 5.86. The molecule has 2 fully saturated rings. The molecule has 0 spiro atoms. The number of hydrogen-bond donors (Lipinski definition) is 1. The second-order valence-corrected chi connectivity index (χ2v) is 6.56. The molecule has 2 N–H and O–H groups in total. The number of rotatable bonds is 4. The van der Waals surface area contributed by atoms with E-state index in [1.165, 1.54) is 70.9 Å². The summed E-state index contributed by atoms with van der Waals surface area (Å²) in [6.07, 6.45) is 12.9. The molecule has 1 aliphatic carbocycles. The Bertz CT molecular complexity index is 229. The van der Waals surface area contributed by atoms with Crippen LogP contribution in [0.5, 0.6) is 0 Å². The Morgan fingerprint density at radius 2 is 1.83 bits per heavy atom. The smallest absolute Gasteiger partial charge is 0.00954 e. The van der Waals surface area contributed by atoms with Crippen molar-refractivity contribution in [1.82, 2.24) is 4.90 Å². The summed E-state index contributed by atoms with van der Waals surface area (Å²) in [6.45, 7) is 5.83. The molecule has 0 aromatic heterocycles. The normalized spacial score (nSPS) is 35.3. The van der Waals surface area contributed by atoms with Gasteiger partial charge in [-0.25, -0.2) is 0 Å². The zero-order chi connectivity index (χ0) is 12.8.